The number of fused-ring (bicyclic) bond motifs is 1. The van der Waals surface area contributed by atoms with Crippen LogP contribution < -0.4 is 27.0 Å². The SMILES string of the molecule is NC(=O)CCC(NC(=O)C(CCC(=O)O)NC(=O)C1CCCN1)C(=O)NC(Cc1c[nH]c2ccccc12)C(=O)O. The molecule has 0 bridgehead atoms. The molecule has 1 aromatic carbocycles. The first kappa shape index (κ1) is 30.1. The molecule has 9 N–H and O–H groups in total. The Hall–Kier alpha value is -4.46. The van der Waals surface area contributed by atoms with Gasteiger partial charge in [-0.3, -0.25) is 24.0 Å². The van der Waals surface area contributed by atoms with Crippen LogP contribution in [-0.4, -0.2) is 81.5 Å². The van der Waals surface area contributed by atoms with E-state index in [1.54, 1.807) is 12.3 Å². The Morgan fingerprint density at radius 2 is 1.57 bits per heavy atom. The summed E-state index contributed by atoms with van der Waals surface area (Å²) in [6.45, 7) is 0.628. The lowest BCUT2D eigenvalue weighted by molar-refractivity contribution is -0.142. The maximum Gasteiger partial charge on any atom is 0.326 e. The molecule has 0 spiro atoms. The third kappa shape index (κ3) is 8.53. The van der Waals surface area contributed by atoms with E-state index in [4.69, 9.17) is 10.8 Å². The normalized spacial score (nSPS) is 16.9. The maximum absolute atomic E-state index is 13.2. The number of nitrogens with two attached hydrogens (primary N) is 1. The molecule has 14 heteroatoms. The molecule has 1 saturated heterocycles. The van der Waals surface area contributed by atoms with Gasteiger partial charge < -0.3 is 42.2 Å². The van der Waals surface area contributed by atoms with Gasteiger partial charge >= 0.3 is 11.9 Å². The maximum atomic E-state index is 13.2. The predicted molar refractivity (Wildman–Crippen MR) is 142 cm³/mol. The summed E-state index contributed by atoms with van der Waals surface area (Å²) in [6.07, 6.45) is 1.69. The van der Waals surface area contributed by atoms with Gasteiger partial charge in [0.15, 0.2) is 0 Å². The number of para-hydroxylation sites is 1. The molecule has 0 saturated carbocycles. The fraction of sp³-hybridized carbons (Fsp3) is 0.462. The van der Waals surface area contributed by atoms with E-state index in [-0.39, 0.29) is 25.7 Å². The molecule has 4 atom stereocenters. The Morgan fingerprint density at radius 3 is 2.20 bits per heavy atom. The van der Waals surface area contributed by atoms with Crippen LogP contribution in [0.15, 0.2) is 30.5 Å². The highest BCUT2D eigenvalue weighted by Crippen LogP contribution is 2.19. The number of hydrogen-bond donors (Lipinski definition) is 8. The van der Waals surface area contributed by atoms with Gasteiger partial charge in [-0.25, -0.2) is 4.79 Å². The van der Waals surface area contributed by atoms with Crippen LogP contribution in [0.5, 0.6) is 0 Å². The molecular formula is C26H34N6O8. The molecule has 3 rings (SSSR count). The Bertz CT molecular complexity index is 1250. The monoisotopic (exact) mass is 558 g/mol. The molecule has 0 radical (unpaired) electrons. The van der Waals surface area contributed by atoms with Crippen molar-refractivity contribution in [3.8, 4) is 0 Å². The van der Waals surface area contributed by atoms with Crippen LogP contribution >= 0.6 is 0 Å². The highest BCUT2D eigenvalue weighted by Gasteiger charge is 2.32. The zero-order valence-electron chi connectivity index (χ0n) is 21.8. The molecule has 0 aliphatic carbocycles. The minimum absolute atomic E-state index is 0.0622. The van der Waals surface area contributed by atoms with Crippen LogP contribution in [-0.2, 0) is 35.2 Å². The van der Waals surface area contributed by atoms with Crippen LogP contribution in [0.25, 0.3) is 10.9 Å². The van der Waals surface area contributed by atoms with Crippen LogP contribution in [0.1, 0.15) is 44.1 Å². The lowest BCUT2D eigenvalue weighted by atomic mass is 10.0. The zero-order valence-corrected chi connectivity index (χ0v) is 21.8. The van der Waals surface area contributed by atoms with E-state index in [2.05, 4.69) is 26.3 Å². The summed E-state index contributed by atoms with van der Waals surface area (Å²) >= 11 is 0. The largest absolute Gasteiger partial charge is 0.481 e. The van der Waals surface area contributed by atoms with Gasteiger partial charge in [-0.15, -0.1) is 0 Å². The Morgan fingerprint density at radius 1 is 0.925 bits per heavy atom. The van der Waals surface area contributed by atoms with Crippen molar-refractivity contribution in [2.75, 3.05) is 6.54 Å². The highest BCUT2D eigenvalue weighted by molar-refractivity contribution is 5.95. The van der Waals surface area contributed by atoms with Gasteiger partial charge in [-0.1, -0.05) is 18.2 Å². The standard InChI is InChI=1S/C26H34N6O8/c27-21(33)9-7-18(31-24(37)19(8-10-22(34)35)30-23(36)17-6-3-11-28-17)25(38)32-20(26(39)40)12-14-13-29-16-5-2-1-4-15(14)16/h1-2,4-5,13,17-20,28-29H,3,6-12H2,(H2,27,33)(H,30,36)(H,31,37)(H,32,38)(H,34,35)(H,39,40). The van der Waals surface area contributed by atoms with Gasteiger partial charge in [-0.2, -0.15) is 0 Å². The molecule has 2 aromatic rings. The predicted octanol–water partition coefficient (Wildman–Crippen LogP) is -0.868. The average Bonchev–Trinajstić information content (AvgIpc) is 3.59. The van der Waals surface area contributed by atoms with Crippen molar-refractivity contribution in [2.45, 2.75) is 69.1 Å². The number of primary amides is 1. The Balaban J connectivity index is 1.74. The van der Waals surface area contributed by atoms with E-state index in [1.807, 2.05) is 18.2 Å². The molecule has 4 unspecified atom stereocenters. The molecule has 1 aliphatic rings. The smallest absolute Gasteiger partial charge is 0.326 e. The number of benzene rings is 1. The van der Waals surface area contributed by atoms with Crippen molar-refractivity contribution in [1.82, 2.24) is 26.3 Å². The van der Waals surface area contributed by atoms with Gasteiger partial charge in [0.25, 0.3) is 0 Å². The summed E-state index contributed by atoms with van der Waals surface area (Å²) < 4.78 is 0. The number of carbonyl (C=O) groups excluding carboxylic acids is 4. The Labute approximate surface area is 229 Å². The molecule has 14 nitrogen and oxygen atoms in total. The van der Waals surface area contributed by atoms with Crippen molar-refractivity contribution < 1.29 is 39.0 Å². The molecule has 216 valence electrons. The van der Waals surface area contributed by atoms with Crippen molar-refractivity contribution in [3.05, 3.63) is 36.0 Å². The third-order valence-corrected chi connectivity index (χ3v) is 6.68. The number of aromatic nitrogens is 1. The first-order valence-corrected chi connectivity index (χ1v) is 13.0. The van der Waals surface area contributed by atoms with Crippen LogP contribution in [0.4, 0.5) is 0 Å². The van der Waals surface area contributed by atoms with E-state index >= 15 is 0 Å². The van der Waals surface area contributed by atoms with Crippen molar-refractivity contribution in [1.29, 1.82) is 0 Å². The number of aliphatic carboxylic acids is 2. The quantitative estimate of drug-likeness (QED) is 0.135. The molecular weight excluding hydrogens is 524 g/mol. The van der Waals surface area contributed by atoms with Crippen LogP contribution in [0, 0.1) is 0 Å². The lowest BCUT2D eigenvalue weighted by Crippen LogP contribution is -2.57. The first-order valence-electron chi connectivity index (χ1n) is 13.0. The number of H-pyrrole nitrogens is 1. The average molecular weight is 559 g/mol. The number of hydrogen-bond acceptors (Lipinski definition) is 7. The summed E-state index contributed by atoms with van der Waals surface area (Å²) in [6, 6.07) is 2.70. The number of carboxylic acids is 2. The highest BCUT2D eigenvalue weighted by atomic mass is 16.4. The van der Waals surface area contributed by atoms with E-state index in [0.29, 0.717) is 18.5 Å². The van der Waals surface area contributed by atoms with Gasteiger partial charge in [0.05, 0.1) is 6.04 Å². The van der Waals surface area contributed by atoms with Gasteiger partial charge in [-0.05, 0) is 43.9 Å². The number of rotatable bonds is 15. The second kappa shape index (κ2) is 14.1. The third-order valence-electron chi connectivity index (χ3n) is 6.68. The lowest BCUT2D eigenvalue weighted by Gasteiger charge is -2.25. The van der Waals surface area contributed by atoms with E-state index in [0.717, 1.165) is 17.3 Å². The number of carboxylic acid groups (broad SMARTS) is 2. The van der Waals surface area contributed by atoms with Gasteiger partial charge in [0, 0.05) is 36.4 Å². The van der Waals surface area contributed by atoms with Crippen LogP contribution in [0.2, 0.25) is 0 Å². The van der Waals surface area contributed by atoms with Gasteiger partial charge in [0.2, 0.25) is 23.6 Å². The molecule has 4 amide bonds. The van der Waals surface area contributed by atoms with Crippen molar-refractivity contribution >= 4 is 46.5 Å². The summed E-state index contributed by atoms with van der Waals surface area (Å²) in [5.74, 6) is -5.44. The second-order valence-corrected chi connectivity index (χ2v) is 9.67. The summed E-state index contributed by atoms with van der Waals surface area (Å²) in [4.78, 5) is 76.5. The summed E-state index contributed by atoms with van der Waals surface area (Å²) in [7, 11) is 0. The number of carbonyl (C=O) groups is 6. The summed E-state index contributed by atoms with van der Waals surface area (Å²) in [5.41, 5.74) is 6.67. The van der Waals surface area contributed by atoms with Crippen LogP contribution in [0.3, 0.4) is 0 Å². The second-order valence-electron chi connectivity index (χ2n) is 9.67. The van der Waals surface area contributed by atoms with E-state index < -0.39 is 66.2 Å². The topological polar surface area (TPSA) is 233 Å². The molecule has 1 aromatic heterocycles. The molecule has 1 aliphatic heterocycles. The number of amides is 4. The fourth-order valence-corrected chi connectivity index (χ4v) is 4.54. The van der Waals surface area contributed by atoms with Crippen molar-refractivity contribution in [2.24, 2.45) is 5.73 Å². The molecule has 1 fully saturated rings. The number of nitrogens with one attached hydrogen (secondary N) is 5. The minimum Gasteiger partial charge on any atom is -0.481 e. The van der Waals surface area contributed by atoms with E-state index in [1.165, 1.54) is 0 Å². The van der Waals surface area contributed by atoms with E-state index in [9.17, 15) is 33.9 Å². The molecule has 2 heterocycles. The minimum atomic E-state index is -1.38. The van der Waals surface area contributed by atoms with Crippen molar-refractivity contribution in [3.63, 3.8) is 0 Å². The van der Waals surface area contributed by atoms with Gasteiger partial charge in [0.1, 0.15) is 18.1 Å². The summed E-state index contributed by atoms with van der Waals surface area (Å²) in [5, 5.41) is 30.0. The molecule has 40 heavy (non-hydrogen) atoms. The zero-order chi connectivity index (χ0) is 29.2. The Kier molecular flexibility index (Phi) is 10.6. The number of aromatic amines is 1. The first-order chi connectivity index (χ1) is 19.0. The fourth-order valence-electron chi connectivity index (χ4n) is 4.54.